The third-order valence-corrected chi connectivity index (χ3v) is 5.25. The number of ether oxygens (including phenoxy) is 1. The van der Waals surface area contributed by atoms with Gasteiger partial charge in [-0.2, -0.15) is 0 Å². The van der Waals surface area contributed by atoms with Crippen molar-refractivity contribution in [3.05, 3.63) is 11.8 Å². The molecule has 4 aliphatic rings. The summed E-state index contributed by atoms with van der Waals surface area (Å²) in [5, 5.41) is 18.3. The number of carboxylic acids is 1. The highest BCUT2D eigenvalue weighted by Gasteiger charge is 2.54. The number of carbonyl (C=O) groups is 1. The van der Waals surface area contributed by atoms with Gasteiger partial charge >= 0.3 is 5.97 Å². The van der Waals surface area contributed by atoms with Gasteiger partial charge in [-0.15, -0.1) is 0 Å². The van der Waals surface area contributed by atoms with Crippen LogP contribution >= 0.6 is 0 Å². The van der Waals surface area contributed by atoms with E-state index in [9.17, 15) is 9.90 Å². The van der Waals surface area contributed by atoms with Crippen molar-refractivity contribution in [3.63, 3.8) is 0 Å². The Morgan fingerprint density at radius 3 is 2.11 bits per heavy atom. The van der Waals surface area contributed by atoms with E-state index in [0.29, 0.717) is 23.3 Å². The van der Waals surface area contributed by atoms with Crippen molar-refractivity contribution in [1.29, 1.82) is 0 Å². The van der Waals surface area contributed by atoms with Gasteiger partial charge in [-0.05, 0) is 56.3 Å². The second-order valence-corrected chi connectivity index (χ2v) is 6.63. The molecule has 0 heterocycles. The van der Waals surface area contributed by atoms with Crippen LogP contribution in [-0.4, -0.2) is 29.4 Å². The van der Waals surface area contributed by atoms with E-state index in [-0.39, 0.29) is 18.6 Å². The molecule has 0 saturated heterocycles. The fourth-order valence-corrected chi connectivity index (χ4v) is 5.04. The van der Waals surface area contributed by atoms with E-state index < -0.39 is 5.97 Å². The topological polar surface area (TPSA) is 66.8 Å². The molecule has 0 unspecified atom stereocenters. The first-order valence-electron chi connectivity index (χ1n) is 7.29. The summed E-state index contributed by atoms with van der Waals surface area (Å²) in [5.41, 5.74) is 0.288. The first-order valence-corrected chi connectivity index (χ1v) is 7.29. The third kappa shape index (κ3) is 2.27. The predicted octanol–water partition coefficient (Wildman–Crippen LogP) is 2.18. The highest BCUT2D eigenvalue weighted by Crippen LogP contribution is 2.62. The van der Waals surface area contributed by atoms with Gasteiger partial charge in [-0.25, -0.2) is 4.79 Å². The number of aliphatic hydroxyl groups excluding tert-OH is 1. The molecular weight excluding hydrogens is 244 g/mol. The van der Waals surface area contributed by atoms with Crippen LogP contribution in [-0.2, 0) is 9.53 Å². The summed E-state index contributed by atoms with van der Waals surface area (Å²) in [5.74, 6) is 1.30. The molecule has 106 valence electrons. The van der Waals surface area contributed by atoms with Gasteiger partial charge in [-0.1, -0.05) is 0 Å². The maximum Gasteiger partial charge on any atom is 0.335 e. The molecule has 0 amide bonds. The highest BCUT2D eigenvalue weighted by atomic mass is 16.5. The minimum absolute atomic E-state index is 0.0791. The number of rotatable bonds is 5. The first-order chi connectivity index (χ1) is 9.13. The quantitative estimate of drug-likeness (QED) is 0.455. The molecule has 4 fully saturated rings. The minimum atomic E-state index is -0.847. The Hall–Kier alpha value is -1.03. The molecule has 0 aliphatic heterocycles. The molecule has 0 aromatic carbocycles. The van der Waals surface area contributed by atoms with E-state index in [2.05, 4.69) is 0 Å². The molecule has 0 atom stereocenters. The van der Waals surface area contributed by atoms with Gasteiger partial charge in [0, 0.05) is 5.41 Å². The smallest absolute Gasteiger partial charge is 0.335 e. The van der Waals surface area contributed by atoms with Gasteiger partial charge in [0.05, 0.1) is 18.4 Å². The first kappa shape index (κ1) is 13.0. The van der Waals surface area contributed by atoms with Crippen LogP contribution in [0.5, 0.6) is 0 Å². The van der Waals surface area contributed by atoms with E-state index in [0.717, 1.165) is 19.3 Å². The lowest BCUT2D eigenvalue weighted by molar-refractivity contribution is -0.136. The molecule has 0 aromatic heterocycles. The Morgan fingerprint density at radius 1 is 1.16 bits per heavy atom. The monoisotopic (exact) mass is 266 g/mol. The fraction of sp³-hybridized carbons (Fsp3) is 0.800. The summed E-state index contributed by atoms with van der Waals surface area (Å²) in [7, 11) is 0. The summed E-state index contributed by atoms with van der Waals surface area (Å²) in [6, 6.07) is 0. The molecule has 4 rings (SSSR count). The van der Waals surface area contributed by atoms with Crippen molar-refractivity contribution < 1.29 is 19.7 Å². The van der Waals surface area contributed by atoms with Crippen LogP contribution in [0.25, 0.3) is 0 Å². The van der Waals surface area contributed by atoms with Crippen molar-refractivity contribution in [3.8, 4) is 0 Å². The average Bonchev–Trinajstić information content (AvgIpc) is 2.32. The Labute approximate surface area is 113 Å². The van der Waals surface area contributed by atoms with Gasteiger partial charge in [0.25, 0.3) is 0 Å². The Balaban J connectivity index is 1.85. The van der Waals surface area contributed by atoms with Crippen molar-refractivity contribution in [2.75, 3.05) is 13.2 Å². The maximum absolute atomic E-state index is 11.6. The van der Waals surface area contributed by atoms with Crippen LogP contribution in [0.4, 0.5) is 0 Å². The summed E-state index contributed by atoms with van der Waals surface area (Å²) in [4.78, 5) is 11.6. The van der Waals surface area contributed by atoms with Gasteiger partial charge < -0.3 is 14.9 Å². The molecular formula is C15H22O4. The average molecular weight is 266 g/mol. The number of carboxylic acid groups (broad SMARTS) is 1. The Kier molecular flexibility index (Phi) is 3.29. The minimum Gasteiger partial charge on any atom is -0.498 e. The Morgan fingerprint density at radius 2 is 1.68 bits per heavy atom. The number of aliphatic carboxylic acids is 1. The predicted molar refractivity (Wildman–Crippen MR) is 69.4 cm³/mol. The second kappa shape index (κ2) is 4.82. The van der Waals surface area contributed by atoms with E-state index in [1.165, 1.54) is 25.5 Å². The van der Waals surface area contributed by atoms with Crippen molar-refractivity contribution in [2.24, 2.45) is 23.2 Å². The van der Waals surface area contributed by atoms with Crippen molar-refractivity contribution >= 4 is 5.97 Å². The van der Waals surface area contributed by atoms with Crippen LogP contribution in [0, 0.1) is 23.2 Å². The standard InChI is InChI=1S/C15H22O4/c16-1-2-19-9-13(14(17)18)15-6-10-3-11(7-15)5-12(4-10)8-15/h9-12,16H,1-8H2,(H,17,18). The molecule has 4 heteroatoms. The van der Waals surface area contributed by atoms with Crippen LogP contribution < -0.4 is 0 Å². The Bertz CT molecular complexity index is 364. The van der Waals surface area contributed by atoms with Gasteiger partial charge in [-0.3, -0.25) is 0 Å². The molecule has 19 heavy (non-hydrogen) atoms. The lowest BCUT2D eigenvalue weighted by atomic mass is 9.48. The summed E-state index contributed by atoms with van der Waals surface area (Å²) in [6.45, 7) is 0.0907. The zero-order valence-corrected chi connectivity index (χ0v) is 11.2. The van der Waals surface area contributed by atoms with E-state index in [1.807, 2.05) is 0 Å². The van der Waals surface area contributed by atoms with Crippen LogP contribution in [0.3, 0.4) is 0 Å². The zero-order valence-electron chi connectivity index (χ0n) is 11.2. The lowest BCUT2D eigenvalue weighted by Crippen LogP contribution is -2.48. The van der Waals surface area contributed by atoms with Crippen molar-refractivity contribution in [1.82, 2.24) is 0 Å². The second-order valence-electron chi connectivity index (χ2n) is 6.63. The zero-order chi connectivity index (χ0) is 13.5. The van der Waals surface area contributed by atoms with Gasteiger partial charge in [0.2, 0.25) is 0 Å². The molecule has 4 aliphatic carbocycles. The largest absolute Gasteiger partial charge is 0.498 e. The molecule has 4 saturated carbocycles. The normalized spacial score (nSPS) is 40.5. The molecule has 0 radical (unpaired) electrons. The fourth-order valence-electron chi connectivity index (χ4n) is 5.04. The number of hydrogen-bond acceptors (Lipinski definition) is 3. The summed E-state index contributed by atoms with van der Waals surface area (Å²) in [6.07, 6.45) is 8.33. The van der Waals surface area contributed by atoms with E-state index >= 15 is 0 Å². The molecule has 2 N–H and O–H groups in total. The summed E-state index contributed by atoms with van der Waals surface area (Å²) >= 11 is 0. The van der Waals surface area contributed by atoms with Crippen molar-refractivity contribution in [2.45, 2.75) is 38.5 Å². The molecule has 4 nitrogen and oxygen atoms in total. The van der Waals surface area contributed by atoms with E-state index in [4.69, 9.17) is 9.84 Å². The van der Waals surface area contributed by atoms with Gasteiger partial charge in [0.15, 0.2) is 0 Å². The molecule has 4 bridgehead atoms. The number of aliphatic hydroxyl groups is 1. The lowest BCUT2D eigenvalue weighted by Gasteiger charge is -2.56. The third-order valence-electron chi connectivity index (χ3n) is 5.25. The SMILES string of the molecule is O=C(O)C(=COCCO)C12CC3CC(CC(C3)C1)C2. The molecule has 0 aromatic rings. The maximum atomic E-state index is 11.6. The van der Waals surface area contributed by atoms with Crippen LogP contribution in [0.15, 0.2) is 11.8 Å². The summed E-state index contributed by atoms with van der Waals surface area (Å²) < 4.78 is 5.20. The molecule has 0 spiro atoms. The van der Waals surface area contributed by atoms with Gasteiger partial charge in [0.1, 0.15) is 6.61 Å². The van der Waals surface area contributed by atoms with Crippen LogP contribution in [0.1, 0.15) is 38.5 Å². The van der Waals surface area contributed by atoms with E-state index in [1.54, 1.807) is 0 Å². The van der Waals surface area contributed by atoms with Crippen LogP contribution in [0.2, 0.25) is 0 Å². The number of hydrogen-bond donors (Lipinski definition) is 2. The highest BCUT2D eigenvalue weighted by molar-refractivity contribution is 5.88.